The fourth-order valence-electron chi connectivity index (χ4n) is 2.02. The number of halogens is 3. The Balaban J connectivity index is 0.00000264. The van der Waals surface area contributed by atoms with Gasteiger partial charge in [0.15, 0.2) is 17.4 Å². The minimum atomic E-state index is -0.785. The van der Waals surface area contributed by atoms with Gasteiger partial charge in [-0.1, -0.05) is 0 Å². The van der Waals surface area contributed by atoms with Crippen molar-refractivity contribution in [2.75, 3.05) is 19.5 Å². The molecular formula is C14H17ClF2N4O2. The minimum absolute atomic E-state index is 0. The Bertz CT molecular complexity index is 693. The van der Waals surface area contributed by atoms with Crippen molar-refractivity contribution in [3.05, 3.63) is 41.7 Å². The van der Waals surface area contributed by atoms with Crippen LogP contribution in [-0.4, -0.2) is 29.8 Å². The molecule has 0 radical (unpaired) electrons. The zero-order valence-electron chi connectivity index (χ0n) is 12.8. The number of benzene rings is 1. The summed E-state index contributed by atoms with van der Waals surface area (Å²) in [5, 5.41) is 9.13. The Morgan fingerprint density at radius 3 is 2.57 bits per heavy atom. The Kier molecular flexibility index (Phi) is 6.47. The number of nitrogens with zero attached hydrogens (tertiary/aromatic N) is 2. The summed E-state index contributed by atoms with van der Waals surface area (Å²) in [7, 11) is 4.53. The lowest BCUT2D eigenvalue weighted by atomic mass is 10.1. The lowest BCUT2D eigenvalue weighted by Gasteiger charge is -2.15. The molecule has 0 fully saturated rings. The Morgan fingerprint density at radius 2 is 2.04 bits per heavy atom. The highest BCUT2D eigenvalue weighted by molar-refractivity contribution is 5.95. The van der Waals surface area contributed by atoms with E-state index in [1.165, 1.54) is 13.3 Å². The molecule has 23 heavy (non-hydrogen) atoms. The summed E-state index contributed by atoms with van der Waals surface area (Å²) < 4.78 is 33.7. The molecule has 0 saturated carbocycles. The molecule has 1 aromatic heterocycles. The number of likely N-dealkylation sites (N-methyl/N-ethyl adjacent to an activating group) is 1. The summed E-state index contributed by atoms with van der Waals surface area (Å²) in [6.07, 6.45) is 3.18. The fourth-order valence-corrected chi connectivity index (χ4v) is 2.02. The van der Waals surface area contributed by atoms with Gasteiger partial charge in [-0.25, -0.2) is 8.78 Å². The summed E-state index contributed by atoms with van der Waals surface area (Å²) in [5.74, 6) is -2.30. The predicted molar refractivity (Wildman–Crippen MR) is 83.8 cm³/mol. The van der Waals surface area contributed by atoms with Crippen LogP contribution in [0.1, 0.15) is 11.6 Å². The van der Waals surface area contributed by atoms with Gasteiger partial charge >= 0.3 is 0 Å². The summed E-state index contributed by atoms with van der Waals surface area (Å²) >= 11 is 0. The number of aromatic nitrogens is 2. The summed E-state index contributed by atoms with van der Waals surface area (Å²) in [6.45, 7) is 0. The van der Waals surface area contributed by atoms with E-state index in [4.69, 9.17) is 0 Å². The van der Waals surface area contributed by atoms with Gasteiger partial charge in [0, 0.05) is 30.9 Å². The first kappa shape index (κ1) is 18.9. The van der Waals surface area contributed by atoms with Gasteiger partial charge in [0.05, 0.1) is 19.0 Å². The van der Waals surface area contributed by atoms with E-state index in [1.54, 1.807) is 25.0 Å². The number of hydrogen-bond acceptors (Lipinski definition) is 4. The van der Waals surface area contributed by atoms with E-state index in [2.05, 4.69) is 20.5 Å². The van der Waals surface area contributed by atoms with Gasteiger partial charge < -0.3 is 15.4 Å². The third-order valence-corrected chi connectivity index (χ3v) is 3.11. The zero-order chi connectivity index (χ0) is 16.3. The van der Waals surface area contributed by atoms with Crippen molar-refractivity contribution in [1.82, 2.24) is 15.1 Å². The largest absolute Gasteiger partial charge is 0.494 e. The second kappa shape index (κ2) is 7.89. The summed E-state index contributed by atoms with van der Waals surface area (Å²) in [4.78, 5) is 12.2. The number of amides is 1. The molecule has 6 nitrogen and oxygen atoms in total. The lowest BCUT2D eigenvalue weighted by Crippen LogP contribution is -2.30. The van der Waals surface area contributed by atoms with E-state index in [-0.39, 0.29) is 23.8 Å². The number of methoxy groups -OCH3 is 1. The van der Waals surface area contributed by atoms with Crippen LogP contribution in [0.15, 0.2) is 24.5 Å². The van der Waals surface area contributed by atoms with Gasteiger partial charge in [-0.2, -0.15) is 5.10 Å². The van der Waals surface area contributed by atoms with E-state index in [9.17, 15) is 13.6 Å². The van der Waals surface area contributed by atoms with Crippen molar-refractivity contribution in [2.24, 2.45) is 7.05 Å². The average molecular weight is 347 g/mol. The molecule has 0 saturated heterocycles. The van der Waals surface area contributed by atoms with Crippen molar-refractivity contribution < 1.29 is 18.3 Å². The second-order valence-electron chi connectivity index (χ2n) is 4.62. The molecule has 0 spiro atoms. The lowest BCUT2D eigenvalue weighted by molar-refractivity contribution is -0.118. The molecule has 0 aliphatic carbocycles. The maximum absolute atomic E-state index is 13.9. The van der Waals surface area contributed by atoms with Crippen LogP contribution in [0.3, 0.4) is 0 Å². The normalized spacial score (nSPS) is 11.5. The number of hydrogen-bond donors (Lipinski definition) is 2. The highest BCUT2D eigenvalue weighted by Gasteiger charge is 2.22. The number of nitrogens with one attached hydrogen (secondary N) is 2. The van der Waals surface area contributed by atoms with Crippen LogP contribution >= 0.6 is 12.4 Å². The van der Waals surface area contributed by atoms with Crippen LogP contribution < -0.4 is 15.4 Å². The number of carbonyl (C=O) groups is 1. The van der Waals surface area contributed by atoms with Gasteiger partial charge in [0.2, 0.25) is 5.91 Å². The van der Waals surface area contributed by atoms with E-state index in [1.807, 2.05) is 0 Å². The zero-order valence-corrected chi connectivity index (χ0v) is 13.6. The van der Waals surface area contributed by atoms with Crippen molar-refractivity contribution in [1.29, 1.82) is 0 Å². The fraction of sp³-hybridized carbons (Fsp3) is 0.286. The monoisotopic (exact) mass is 346 g/mol. The van der Waals surface area contributed by atoms with Crippen LogP contribution in [0, 0.1) is 11.6 Å². The number of rotatable bonds is 5. The average Bonchev–Trinajstić information content (AvgIpc) is 2.89. The van der Waals surface area contributed by atoms with Gasteiger partial charge in [-0.3, -0.25) is 9.48 Å². The molecule has 2 aromatic rings. The van der Waals surface area contributed by atoms with Crippen molar-refractivity contribution in [3.63, 3.8) is 0 Å². The van der Waals surface area contributed by atoms with Gasteiger partial charge in [0.25, 0.3) is 0 Å². The van der Waals surface area contributed by atoms with Crippen LogP contribution in [0.5, 0.6) is 5.75 Å². The highest BCUT2D eigenvalue weighted by atomic mass is 35.5. The molecule has 1 atom stereocenters. The van der Waals surface area contributed by atoms with Gasteiger partial charge in [-0.05, 0) is 7.05 Å². The van der Waals surface area contributed by atoms with Gasteiger partial charge in [-0.15, -0.1) is 12.4 Å². The molecule has 2 rings (SSSR count). The maximum Gasteiger partial charge on any atom is 0.246 e. The molecule has 1 amide bonds. The number of carbonyl (C=O) groups excluding carboxylic acids is 1. The molecule has 126 valence electrons. The minimum Gasteiger partial charge on any atom is -0.494 e. The first-order valence-electron chi connectivity index (χ1n) is 6.46. The molecule has 1 unspecified atom stereocenters. The SMILES string of the molecule is CNC(C(=O)Nc1cc(F)c(OC)cc1F)c1cnn(C)c1.Cl. The first-order valence-corrected chi connectivity index (χ1v) is 6.46. The third kappa shape index (κ3) is 4.17. The smallest absolute Gasteiger partial charge is 0.246 e. The highest BCUT2D eigenvalue weighted by Crippen LogP contribution is 2.25. The maximum atomic E-state index is 13.9. The van der Waals surface area contributed by atoms with Crippen molar-refractivity contribution >= 4 is 24.0 Å². The van der Waals surface area contributed by atoms with Crippen LogP contribution in [-0.2, 0) is 11.8 Å². The van der Waals surface area contributed by atoms with E-state index in [0.29, 0.717) is 5.56 Å². The van der Waals surface area contributed by atoms with Crippen molar-refractivity contribution in [2.45, 2.75) is 6.04 Å². The number of ether oxygens (including phenoxy) is 1. The van der Waals surface area contributed by atoms with Gasteiger partial charge in [0.1, 0.15) is 6.04 Å². The predicted octanol–water partition coefficient (Wildman–Crippen LogP) is 2.03. The first-order chi connectivity index (χ1) is 10.5. The van der Waals surface area contributed by atoms with E-state index in [0.717, 1.165) is 12.1 Å². The van der Waals surface area contributed by atoms with Crippen LogP contribution in [0.4, 0.5) is 14.5 Å². The van der Waals surface area contributed by atoms with Crippen molar-refractivity contribution in [3.8, 4) is 5.75 Å². The Hall–Kier alpha value is -2.19. The molecule has 0 aliphatic heterocycles. The van der Waals surface area contributed by atoms with E-state index >= 15 is 0 Å². The Labute approximate surface area is 138 Å². The standard InChI is InChI=1S/C14H16F2N4O2.ClH/c1-17-13(8-6-18-20(2)7-8)14(21)19-11-4-10(16)12(22-3)5-9(11)15;/h4-7,13,17H,1-3H3,(H,19,21);1H. The molecule has 0 bridgehead atoms. The molecule has 2 N–H and O–H groups in total. The number of anilines is 1. The molecule has 1 heterocycles. The molecule has 1 aromatic carbocycles. The quantitative estimate of drug-likeness (QED) is 0.869. The van der Waals surface area contributed by atoms with E-state index < -0.39 is 23.6 Å². The molecule has 9 heteroatoms. The molecule has 0 aliphatic rings. The van der Waals surface area contributed by atoms with Crippen LogP contribution in [0.2, 0.25) is 0 Å². The molecular weight excluding hydrogens is 330 g/mol. The summed E-state index contributed by atoms with van der Waals surface area (Å²) in [5.41, 5.74) is 0.351. The number of aryl methyl sites for hydroxylation is 1. The second-order valence-corrected chi connectivity index (χ2v) is 4.62. The third-order valence-electron chi connectivity index (χ3n) is 3.11. The summed E-state index contributed by atoms with van der Waals surface area (Å²) in [6, 6.07) is 1.02. The van der Waals surface area contributed by atoms with Crippen LogP contribution in [0.25, 0.3) is 0 Å². The topological polar surface area (TPSA) is 68.2 Å². The Morgan fingerprint density at radius 1 is 1.35 bits per heavy atom.